The van der Waals surface area contributed by atoms with E-state index >= 15 is 0 Å². The molecule has 1 saturated carbocycles. The van der Waals surface area contributed by atoms with Gasteiger partial charge in [-0.2, -0.15) is 0 Å². The lowest BCUT2D eigenvalue weighted by molar-refractivity contribution is -0.0477. The number of benzene rings is 1. The van der Waals surface area contributed by atoms with Crippen LogP contribution in [-0.4, -0.2) is 18.3 Å². The molecule has 0 saturated heterocycles. The van der Waals surface area contributed by atoms with Crippen LogP contribution in [0.5, 0.6) is 0 Å². The first-order valence-corrected chi connectivity index (χ1v) is 6.38. The van der Waals surface area contributed by atoms with Crippen molar-refractivity contribution in [2.45, 2.75) is 51.2 Å². The highest BCUT2D eigenvalue weighted by Gasteiger charge is 2.35. The summed E-state index contributed by atoms with van der Waals surface area (Å²) in [5.41, 5.74) is 2.90. The van der Waals surface area contributed by atoms with Crippen molar-refractivity contribution in [2.75, 3.05) is 7.11 Å². The molecule has 0 bridgehead atoms. The summed E-state index contributed by atoms with van der Waals surface area (Å²) in [7, 11) is 1.76. The molecule has 1 aliphatic carbocycles. The van der Waals surface area contributed by atoms with Crippen LogP contribution in [0.4, 0.5) is 0 Å². The molecule has 0 atom stereocenters. The minimum atomic E-state index is -0.646. The summed E-state index contributed by atoms with van der Waals surface area (Å²) in [5, 5.41) is 10.8. The minimum absolute atomic E-state index is 0.320. The van der Waals surface area contributed by atoms with Crippen molar-refractivity contribution >= 4 is 0 Å². The van der Waals surface area contributed by atoms with Gasteiger partial charge in [0.15, 0.2) is 0 Å². The summed E-state index contributed by atoms with van der Waals surface area (Å²) in [5.74, 6) is 0. The van der Waals surface area contributed by atoms with Gasteiger partial charge in [0.05, 0.1) is 11.7 Å². The van der Waals surface area contributed by atoms with Crippen LogP contribution in [0, 0.1) is 13.8 Å². The first-order chi connectivity index (χ1) is 8.05. The number of hydrogen-bond donors (Lipinski definition) is 1. The van der Waals surface area contributed by atoms with Crippen LogP contribution in [0.3, 0.4) is 0 Å². The van der Waals surface area contributed by atoms with Gasteiger partial charge in [-0.25, -0.2) is 0 Å². The highest BCUT2D eigenvalue weighted by molar-refractivity contribution is 5.35. The predicted octanol–water partition coefficient (Wildman–Crippen LogP) is 3.08. The standard InChI is InChI=1S/C15H22O2/c1-11-4-5-14(12(2)10-11)15(16)8-6-13(17-3)7-9-15/h4-5,10,13,16H,6-9H2,1-3H3. The molecule has 2 nitrogen and oxygen atoms in total. The lowest BCUT2D eigenvalue weighted by Gasteiger charge is -2.36. The van der Waals surface area contributed by atoms with Crippen LogP contribution in [0.2, 0.25) is 0 Å². The number of rotatable bonds is 2. The Labute approximate surface area is 104 Å². The molecule has 2 rings (SSSR count). The van der Waals surface area contributed by atoms with Gasteiger partial charge in [-0.05, 0) is 50.7 Å². The highest BCUT2D eigenvalue weighted by Crippen LogP contribution is 2.39. The van der Waals surface area contributed by atoms with Gasteiger partial charge < -0.3 is 9.84 Å². The molecule has 1 aromatic rings. The monoisotopic (exact) mass is 234 g/mol. The van der Waals surface area contributed by atoms with Crippen LogP contribution < -0.4 is 0 Å². The molecule has 0 radical (unpaired) electrons. The minimum Gasteiger partial charge on any atom is -0.385 e. The normalized spacial score (nSPS) is 29.3. The van der Waals surface area contributed by atoms with Crippen LogP contribution in [-0.2, 0) is 10.3 Å². The Morgan fingerprint density at radius 2 is 1.88 bits per heavy atom. The van der Waals surface area contributed by atoms with Crippen molar-refractivity contribution in [2.24, 2.45) is 0 Å². The van der Waals surface area contributed by atoms with Crippen LogP contribution >= 0.6 is 0 Å². The van der Waals surface area contributed by atoms with E-state index in [4.69, 9.17) is 4.74 Å². The Balaban J connectivity index is 2.21. The fourth-order valence-electron chi connectivity index (χ4n) is 2.91. The third kappa shape index (κ3) is 2.53. The zero-order valence-corrected chi connectivity index (χ0v) is 11.0. The van der Waals surface area contributed by atoms with E-state index in [9.17, 15) is 5.11 Å². The Morgan fingerprint density at radius 3 is 2.41 bits per heavy atom. The van der Waals surface area contributed by atoms with E-state index in [1.807, 2.05) is 0 Å². The van der Waals surface area contributed by atoms with Crippen molar-refractivity contribution in [3.63, 3.8) is 0 Å². The third-order valence-corrected chi connectivity index (χ3v) is 3.98. The maximum atomic E-state index is 10.8. The second kappa shape index (κ2) is 4.79. The Morgan fingerprint density at radius 1 is 1.24 bits per heavy atom. The van der Waals surface area contributed by atoms with Crippen molar-refractivity contribution in [3.8, 4) is 0 Å². The molecule has 0 spiro atoms. The quantitative estimate of drug-likeness (QED) is 0.852. The SMILES string of the molecule is COC1CCC(O)(c2ccc(C)cc2C)CC1. The average molecular weight is 234 g/mol. The Hall–Kier alpha value is -0.860. The molecule has 0 aliphatic heterocycles. The highest BCUT2D eigenvalue weighted by atomic mass is 16.5. The lowest BCUT2D eigenvalue weighted by atomic mass is 9.77. The Kier molecular flexibility index (Phi) is 3.55. The van der Waals surface area contributed by atoms with E-state index in [1.165, 1.54) is 11.1 Å². The van der Waals surface area contributed by atoms with Gasteiger partial charge >= 0.3 is 0 Å². The summed E-state index contributed by atoms with van der Waals surface area (Å²) in [6.07, 6.45) is 3.81. The topological polar surface area (TPSA) is 29.5 Å². The molecule has 1 aliphatic rings. The molecule has 0 heterocycles. The summed E-state index contributed by atoms with van der Waals surface area (Å²) < 4.78 is 5.36. The number of aliphatic hydroxyl groups is 1. The lowest BCUT2D eigenvalue weighted by Crippen LogP contribution is -2.34. The molecule has 1 fully saturated rings. The van der Waals surface area contributed by atoms with Gasteiger partial charge in [0, 0.05) is 7.11 Å². The van der Waals surface area contributed by atoms with E-state index in [1.54, 1.807) is 7.11 Å². The fraction of sp³-hybridized carbons (Fsp3) is 0.600. The zero-order valence-electron chi connectivity index (χ0n) is 11.0. The van der Waals surface area contributed by atoms with E-state index in [0.717, 1.165) is 31.2 Å². The summed E-state index contributed by atoms with van der Waals surface area (Å²) in [6.45, 7) is 4.17. The molecular formula is C15H22O2. The van der Waals surface area contributed by atoms with Crippen molar-refractivity contribution in [3.05, 3.63) is 34.9 Å². The van der Waals surface area contributed by atoms with Crippen molar-refractivity contribution in [1.29, 1.82) is 0 Å². The maximum Gasteiger partial charge on any atom is 0.0901 e. The van der Waals surface area contributed by atoms with Crippen molar-refractivity contribution < 1.29 is 9.84 Å². The maximum absolute atomic E-state index is 10.8. The Bertz CT molecular complexity index is 390. The largest absolute Gasteiger partial charge is 0.385 e. The molecule has 2 heteroatoms. The first kappa shape index (κ1) is 12.6. The molecule has 1 N–H and O–H groups in total. The van der Waals surface area contributed by atoms with E-state index in [0.29, 0.717) is 6.10 Å². The van der Waals surface area contributed by atoms with E-state index in [-0.39, 0.29) is 0 Å². The van der Waals surface area contributed by atoms with Crippen molar-refractivity contribution in [1.82, 2.24) is 0 Å². The molecule has 0 aromatic heterocycles. The summed E-state index contributed by atoms with van der Waals surface area (Å²) in [4.78, 5) is 0. The molecule has 17 heavy (non-hydrogen) atoms. The summed E-state index contributed by atoms with van der Waals surface area (Å²) >= 11 is 0. The summed E-state index contributed by atoms with van der Waals surface area (Å²) in [6, 6.07) is 6.32. The third-order valence-electron chi connectivity index (χ3n) is 3.98. The zero-order chi connectivity index (χ0) is 12.5. The van der Waals surface area contributed by atoms with E-state index in [2.05, 4.69) is 32.0 Å². The van der Waals surface area contributed by atoms with Crippen LogP contribution in [0.25, 0.3) is 0 Å². The van der Waals surface area contributed by atoms with Gasteiger partial charge in [0.25, 0.3) is 0 Å². The number of aryl methyl sites for hydroxylation is 2. The van der Waals surface area contributed by atoms with E-state index < -0.39 is 5.60 Å². The fourth-order valence-corrected chi connectivity index (χ4v) is 2.91. The average Bonchev–Trinajstić information content (AvgIpc) is 2.29. The van der Waals surface area contributed by atoms with Gasteiger partial charge in [0.1, 0.15) is 0 Å². The molecule has 0 amide bonds. The molecule has 1 aromatic carbocycles. The van der Waals surface area contributed by atoms with Gasteiger partial charge in [-0.1, -0.05) is 23.8 Å². The number of ether oxygens (including phenoxy) is 1. The van der Waals surface area contributed by atoms with Gasteiger partial charge in [0.2, 0.25) is 0 Å². The smallest absolute Gasteiger partial charge is 0.0901 e. The predicted molar refractivity (Wildman–Crippen MR) is 69.1 cm³/mol. The number of methoxy groups -OCH3 is 1. The molecule has 0 unspecified atom stereocenters. The second-order valence-corrected chi connectivity index (χ2v) is 5.29. The van der Waals surface area contributed by atoms with Crippen LogP contribution in [0.1, 0.15) is 42.4 Å². The molecular weight excluding hydrogens is 212 g/mol. The first-order valence-electron chi connectivity index (χ1n) is 6.38. The van der Waals surface area contributed by atoms with Gasteiger partial charge in [-0.15, -0.1) is 0 Å². The van der Waals surface area contributed by atoms with Gasteiger partial charge in [-0.3, -0.25) is 0 Å². The molecule has 94 valence electrons. The van der Waals surface area contributed by atoms with Crippen LogP contribution in [0.15, 0.2) is 18.2 Å². The number of hydrogen-bond acceptors (Lipinski definition) is 2. The second-order valence-electron chi connectivity index (χ2n) is 5.29.